The summed E-state index contributed by atoms with van der Waals surface area (Å²) in [5.74, 6) is -2.83. The highest BCUT2D eigenvalue weighted by Crippen LogP contribution is 1.96. The van der Waals surface area contributed by atoms with Crippen molar-refractivity contribution < 1.29 is 29.7 Å². The van der Waals surface area contributed by atoms with Crippen LogP contribution >= 0.6 is 0 Å². The van der Waals surface area contributed by atoms with Gasteiger partial charge in [0, 0.05) is 0 Å². The van der Waals surface area contributed by atoms with E-state index in [4.69, 9.17) is 38.3 Å². The smallest absolute Gasteiger partial charge is 0.320 e. The lowest BCUT2D eigenvalue weighted by molar-refractivity contribution is -0.140. The molecular weight excluding hydrogens is 308 g/mol. The molecule has 0 amide bonds. The first-order valence-electron chi connectivity index (χ1n) is 7.03. The highest BCUT2D eigenvalue weighted by atomic mass is 16.4. The first-order chi connectivity index (χ1) is 10.4. The van der Waals surface area contributed by atoms with Gasteiger partial charge in [0.15, 0.2) is 0 Å². The zero-order valence-corrected chi connectivity index (χ0v) is 13.8. The van der Waals surface area contributed by atoms with Crippen molar-refractivity contribution in [3.05, 3.63) is 0 Å². The number of hydrogen-bond donors (Lipinski definition) is 7. The zero-order valence-electron chi connectivity index (χ0n) is 13.8. The zero-order chi connectivity index (χ0) is 19.2. The van der Waals surface area contributed by atoms with Crippen LogP contribution in [-0.4, -0.2) is 57.9 Å². The molecule has 0 aliphatic carbocycles. The quantitative estimate of drug-likeness (QED) is 0.288. The minimum atomic E-state index is -0.963. The number of carbonyl (C=O) groups is 3. The molecule has 0 saturated carbocycles. The molecule has 0 saturated heterocycles. The van der Waals surface area contributed by atoms with Gasteiger partial charge in [-0.1, -0.05) is 13.8 Å². The third-order valence-electron chi connectivity index (χ3n) is 2.43. The summed E-state index contributed by atoms with van der Waals surface area (Å²) in [5, 5.41) is 24.3. The maximum absolute atomic E-state index is 10.0. The summed E-state index contributed by atoms with van der Waals surface area (Å²) in [6.07, 6.45) is 1.14. The molecular formula is C13H30N4O6. The van der Waals surface area contributed by atoms with E-state index >= 15 is 0 Å². The second-order valence-corrected chi connectivity index (χ2v) is 5.11. The van der Waals surface area contributed by atoms with Gasteiger partial charge in [-0.05, 0) is 32.2 Å². The predicted molar refractivity (Wildman–Crippen MR) is 85.6 cm³/mol. The van der Waals surface area contributed by atoms with Crippen LogP contribution in [0.1, 0.15) is 33.6 Å². The van der Waals surface area contributed by atoms with Crippen molar-refractivity contribution in [1.29, 1.82) is 0 Å². The fraction of sp³-hybridized carbons (Fsp3) is 0.769. The highest BCUT2D eigenvalue weighted by molar-refractivity contribution is 5.73. The Balaban J connectivity index is -0.000000266. The lowest BCUT2D eigenvalue weighted by Gasteiger charge is -2.07. The summed E-state index contributed by atoms with van der Waals surface area (Å²) in [5.41, 5.74) is 20.3. The number of aliphatic carboxylic acids is 3. The molecule has 3 atom stereocenters. The fourth-order valence-electron chi connectivity index (χ4n) is 0.746. The van der Waals surface area contributed by atoms with Crippen LogP contribution in [0.4, 0.5) is 0 Å². The van der Waals surface area contributed by atoms with Gasteiger partial charge in [0.05, 0.1) is 0 Å². The molecule has 10 nitrogen and oxygen atoms in total. The Labute approximate surface area is 135 Å². The maximum atomic E-state index is 10.0. The number of nitrogens with two attached hydrogens (primary N) is 4. The molecule has 3 unspecified atom stereocenters. The molecule has 0 heterocycles. The van der Waals surface area contributed by atoms with Crippen molar-refractivity contribution in [2.24, 2.45) is 28.9 Å². The van der Waals surface area contributed by atoms with E-state index in [9.17, 15) is 14.4 Å². The Hall–Kier alpha value is -1.75. The number of rotatable bonds is 7. The molecule has 0 aliphatic heterocycles. The second-order valence-electron chi connectivity index (χ2n) is 5.11. The van der Waals surface area contributed by atoms with Crippen LogP contribution in [-0.2, 0) is 14.4 Å². The van der Waals surface area contributed by atoms with Gasteiger partial charge in [-0.15, -0.1) is 0 Å². The molecule has 0 radical (unpaired) electrons. The predicted octanol–water partition coefficient (Wildman–Crippen LogP) is -1.39. The van der Waals surface area contributed by atoms with E-state index in [1.165, 1.54) is 6.92 Å². The van der Waals surface area contributed by atoms with Crippen LogP contribution in [0.25, 0.3) is 0 Å². The standard InChI is InChI=1S/C5H12N2O2.C5H11NO2.C3H7NO2/c6-3-1-2-4(7)5(8)9;1-3(2)4(6)5(7)8;1-2(4)3(5)6/h4H,1-3,6-7H2,(H,8,9);3-4H,6H2,1-2H3,(H,7,8);2H,4H2,1H3,(H,5,6). The van der Waals surface area contributed by atoms with Crippen molar-refractivity contribution in [2.75, 3.05) is 6.54 Å². The summed E-state index contributed by atoms with van der Waals surface area (Å²) in [6, 6.07) is -2.19. The highest BCUT2D eigenvalue weighted by Gasteiger charge is 2.14. The number of carboxylic acids is 3. The molecule has 23 heavy (non-hydrogen) atoms. The lowest BCUT2D eigenvalue weighted by Crippen LogP contribution is -2.34. The average molecular weight is 338 g/mol. The minimum absolute atomic E-state index is 0.0208. The third kappa shape index (κ3) is 20.2. The van der Waals surface area contributed by atoms with Crippen LogP contribution in [0.3, 0.4) is 0 Å². The summed E-state index contributed by atoms with van der Waals surface area (Å²) in [7, 11) is 0. The van der Waals surface area contributed by atoms with Crippen LogP contribution in [0, 0.1) is 5.92 Å². The van der Waals surface area contributed by atoms with Crippen molar-refractivity contribution >= 4 is 17.9 Å². The van der Waals surface area contributed by atoms with Gasteiger partial charge in [-0.2, -0.15) is 0 Å². The van der Waals surface area contributed by atoms with Gasteiger partial charge >= 0.3 is 17.9 Å². The number of hydrogen-bond acceptors (Lipinski definition) is 7. The number of carboxylic acid groups (broad SMARTS) is 3. The van der Waals surface area contributed by atoms with E-state index in [0.717, 1.165) is 0 Å². The topological polar surface area (TPSA) is 216 Å². The van der Waals surface area contributed by atoms with Crippen LogP contribution in [0.2, 0.25) is 0 Å². The Morgan fingerprint density at radius 3 is 1.39 bits per heavy atom. The van der Waals surface area contributed by atoms with E-state index in [2.05, 4.69) is 0 Å². The van der Waals surface area contributed by atoms with E-state index in [1.54, 1.807) is 13.8 Å². The molecule has 0 fully saturated rings. The minimum Gasteiger partial charge on any atom is -0.480 e. The molecule has 11 N–H and O–H groups in total. The van der Waals surface area contributed by atoms with Gasteiger partial charge in [0.25, 0.3) is 0 Å². The Morgan fingerprint density at radius 1 is 0.870 bits per heavy atom. The molecule has 138 valence electrons. The van der Waals surface area contributed by atoms with E-state index < -0.39 is 36.0 Å². The van der Waals surface area contributed by atoms with Gasteiger partial charge < -0.3 is 38.3 Å². The Morgan fingerprint density at radius 2 is 1.26 bits per heavy atom. The molecule has 0 spiro atoms. The average Bonchev–Trinajstić information content (AvgIpc) is 2.44. The Kier molecular flexibility index (Phi) is 17.2. The molecule has 0 aromatic carbocycles. The van der Waals surface area contributed by atoms with Gasteiger partial charge in [-0.25, -0.2) is 0 Å². The summed E-state index contributed by atoms with van der Waals surface area (Å²) in [4.78, 5) is 29.6. The van der Waals surface area contributed by atoms with Crippen LogP contribution < -0.4 is 22.9 Å². The van der Waals surface area contributed by atoms with Gasteiger partial charge in [-0.3, -0.25) is 14.4 Å². The van der Waals surface area contributed by atoms with Gasteiger partial charge in [0.1, 0.15) is 18.1 Å². The van der Waals surface area contributed by atoms with Crippen molar-refractivity contribution in [1.82, 2.24) is 0 Å². The third-order valence-corrected chi connectivity index (χ3v) is 2.43. The molecule has 0 rings (SSSR count). The summed E-state index contributed by atoms with van der Waals surface area (Å²) in [6.45, 7) is 5.47. The molecule has 0 aromatic heterocycles. The van der Waals surface area contributed by atoms with Crippen molar-refractivity contribution in [3.63, 3.8) is 0 Å². The van der Waals surface area contributed by atoms with Crippen LogP contribution in [0.15, 0.2) is 0 Å². The SMILES string of the molecule is CC(C)C(N)C(=O)O.CC(N)C(=O)O.NCCCC(N)C(=O)O. The van der Waals surface area contributed by atoms with Crippen LogP contribution in [0.5, 0.6) is 0 Å². The lowest BCUT2D eigenvalue weighted by atomic mass is 10.1. The molecule has 0 aromatic rings. The largest absolute Gasteiger partial charge is 0.480 e. The molecule has 10 heteroatoms. The Bertz CT molecular complexity index is 349. The van der Waals surface area contributed by atoms with Crippen molar-refractivity contribution in [2.45, 2.75) is 51.7 Å². The summed E-state index contributed by atoms with van der Waals surface area (Å²) >= 11 is 0. The van der Waals surface area contributed by atoms with Crippen molar-refractivity contribution in [3.8, 4) is 0 Å². The van der Waals surface area contributed by atoms with E-state index in [-0.39, 0.29) is 5.92 Å². The molecule has 0 bridgehead atoms. The molecule has 0 aliphatic rings. The normalized spacial score (nSPS) is 13.6. The van der Waals surface area contributed by atoms with Gasteiger partial charge in [0.2, 0.25) is 0 Å². The second kappa shape index (κ2) is 15.2. The summed E-state index contributed by atoms with van der Waals surface area (Å²) < 4.78 is 0. The first-order valence-corrected chi connectivity index (χ1v) is 7.03. The van der Waals surface area contributed by atoms with E-state index in [1.807, 2.05) is 0 Å². The maximum Gasteiger partial charge on any atom is 0.320 e. The monoisotopic (exact) mass is 338 g/mol. The van der Waals surface area contributed by atoms with E-state index in [0.29, 0.717) is 19.4 Å². The first kappa shape index (κ1) is 26.2. The fourth-order valence-corrected chi connectivity index (χ4v) is 0.746.